The second kappa shape index (κ2) is 5.38. The van der Waals surface area contributed by atoms with Gasteiger partial charge in [-0.25, -0.2) is 8.42 Å². The molecule has 2 rings (SSSR count). The first-order chi connectivity index (χ1) is 8.53. The molecule has 4 nitrogen and oxygen atoms in total. The molecule has 1 aromatic rings. The Kier molecular flexibility index (Phi) is 4.04. The maximum absolute atomic E-state index is 11.5. The molecule has 0 bridgehead atoms. The van der Waals surface area contributed by atoms with Gasteiger partial charge in [0.2, 0.25) is 0 Å². The smallest absolute Gasteiger partial charge is 0.150 e. The van der Waals surface area contributed by atoms with Gasteiger partial charge in [0, 0.05) is 5.92 Å². The average Bonchev–Trinajstić information content (AvgIpc) is 2.70. The Labute approximate surface area is 108 Å². The third-order valence-electron chi connectivity index (χ3n) is 3.50. The number of aliphatic hydroxyl groups excluding tert-OH is 1. The SMILES string of the molecule is NCCc1ccccc1C(O)C1CCS(=O)(=O)C1. The van der Waals surface area contributed by atoms with Gasteiger partial charge in [0.1, 0.15) is 0 Å². The Morgan fingerprint density at radius 2 is 2.11 bits per heavy atom. The van der Waals surface area contributed by atoms with Crippen LogP contribution in [0.5, 0.6) is 0 Å². The van der Waals surface area contributed by atoms with Crippen LogP contribution in [-0.2, 0) is 16.3 Å². The number of hydrogen-bond acceptors (Lipinski definition) is 4. The normalized spacial score (nSPS) is 24.0. The van der Waals surface area contributed by atoms with Gasteiger partial charge in [-0.3, -0.25) is 0 Å². The molecular weight excluding hydrogens is 250 g/mol. The molecule has 2 unspecified atom stereocenters. The highest BCUT2D eigenvalue weighted by atomic mass is 32.2. The van der Waals surface area contributed by atoms with Crippen molar-refractivity contribution in [3.05, 3.63) is 35.4 Å². The average molecular weight is 269 g/mol. The van der Waals surface area contributed by atoms with Gasteiger partial charge in [-0.1, -0.05) is 24.3 Å². The van der Waals surface area contributed by atoms with Gasteiger partial charge in [-0.15, -0.1) is 0 Å². The van der Waals surface area contributed by atoms with E-state index in [-0.39, 0.29) is 17.4 Å². The Balaban J connectivity index is 2.21. The molecule has 0 aliphatic carbocycles. The van der Waals surface area contributed by atoms with Gasteiger partial charge in [0.15, 0.2) is 9.84 Å². The highest BCUT2D eigenvalue weighted by molar-refractivity contribution is 7.91. The lowest BCUT2D eigenvalue weighted by molar-refractivity contribution is 0.120. The molecule has 0 aromatic heterocycles. The van der Waals surface area contributed by atoms with Gasteiger partial charge in [0.25, 0.3) is 0 Å². The number of nitrogens with two attached hydrogens (primary N) is 1. The van der Waals surface area contributed by atoms with Gasteiger partial charge >= 0.3 is 0 Å². The number of hydrogen-bond donors (Lipinski definition) is 2. The molecular formula is C13H19NO3S. The Morgan fingerprint density at radius 1 is 1.39 bits per heavy atom. The summed E-state index contributed by atoms with van der Waals surface area (Å²) in [6.45, 7) is 0.521. The van der Waals surface area contributed by atoms with Crippen LogP contribution in [0.3, 0.4) is 0 Å². The number of rotatable bonds is 4. The van der Waals surface area contributed by atoms with Crippen molar-refractivity contribution in [2.75, 3.05) is 18.1 Å². The zero-order chi connectivity index (χ0) is 13.2. The first kappa shape index (κ1) is 13.5. The molecule has 0 radical (unpaired) electrons. The van der Waals surface area contributed by atoms with Gasteiger partial charge in [-0.2, -0.15) is 0 Å². The fraction of sp³-hybridized carbons (Fsp3) is 0.538. The molecule has 1 aliphatic heterocycles. The summed E-state index contributed by atoms with van der Waals surface area (Å²) in [7, 11) is -2.96. The van der Waals surface area contributed by atoms with E-state index < -0.39 is 15.9 Å². The summed E-state index contributed by atoms with van der Waals surface area (Å²) in [5.41, 5.74) is 7.38. The van der Waals surface area contributed by atoms with E-state index in [2.05, 4.69) is 0 Å². The summed E-state index contributed by atoms with van der Waals surface area (Å²) in [6, 6.07) is 7.57. The Morgan fingerprint density at radius 3 is 2.72 bits per heavy atom. The number of sulfone groups is 1. The maximum Gasteiger partial charge on any atom is 0.150 e. The molecule has 0 amide bonds. The van der Waals surface area contributed by atoms with Crippen molar-refractivity contribution in [2.24, 2.45) is 11.7 Å². The van der Waals surface area contributed by atoms with Gasteiger partial charge < -0.3 is 10.8 Å². The minimum atomic E-state index is -2.96. The monoisotopic (exact) mass is 269 g/mol. The molecule has 0 spiro atoms. The second-order valence-corrected chi connectivity index (χ2v) is 7.07. The van der Waals surface area contributed by atoms with Crippen molar-refractivity contribution in [1.82, 2.24) is 0 Å². The van der Waals surface area contributed by atoms with E-state index in [0.29, 0.717) is 19.4 Å². The fourth-order valence-corrected chi connectivity index (χ4v) is 4.36. The molecule has 1 fully saturated rings. The van der Waals surface area contributed by atoms with Crippen molar-refractivity contribution in [3.8, 4) is 0 Å². The Bertz CT molecular complexity index is 513. The molecule has 3 N–H and O–H groups in total. The van der Waals surface area contributed by atoms with E-state index in [1.54, 1.807) is 0 Å². The van der Waals surface area contributed by atoms with Crippen LogP contribution in [0, 0.1) is 5.92 Å². The summed E-state index contributed by atoms with van der Waals surface area (Å²) in [4.78, 5) is 0. The van der Waals surface area contributed by atoms with Gasteiger partial charge in [0.05, 0.1) is 17.6 Å². The van der Waals surface area contributed by atoms with E-state index in [9.17, 15) is 13.5 Å². The standard InChI is InChI=1S/C13H19NO3S/c14-7-5-10-3-1-2-4-12(10)13(15)11-6-8-18(16,17)9-11/h1-4,11,13,15H,5-9,14H2. The molecule has 5 heteroatoms. The third kappa shape index (κ3) is 2.91. The van der Waals surface area contributed by atoms with E-state index in [1.807, 2.05) is 24.3 Å². The van der Waals surface area contributed by atoms with E-state index in [0.717, 1.165) is 11.1 Å². The molecule has 100 valence electrons. The van der Waals surface area contributed by atoms with Crippen LogP contribution >= 0.6 is 0 Å². The minimum absolute atomic E-state index is 0.0884. The Hall–Kier alpha value is -0.910. The van der Waals surface area contributed by atoms with Crippen molar-refractivity contribution in [3.63, 3.8) is 0 Å². The zero-order valence-corrected chi connectivity index (χ0v) is 11.1. The molecule has 1 heterocycles. The van der Waals surface area contributed by atoms with Crippen LogP contribution in [-0.4, -0.2) is 31.6 Å². The third-order valence-corrected chi connectivity index (χ3v) is 5.30. The quantitative estimate of drug-likeness (QED) is 0.841. The molecule has 18 heavy (non-hydrogen) atoms. The molecule has 2 atom stereocenters. The summed E-state index contributed by atoms with van der Waals surface area (Å²) >= 11 is 0. The lowest BCUT2D eigenvalue weighted by Gasteiger charge is -2.20. The van der Waals surface area contributed by atoms with Crippen LogP contribution in [0.25, 0.3) is 0 Å². The van der Waals surface area contributed by atoms with Crippen molar-refractivity contribution in [2.45, 2.75) is 18.9 Å². The number of benzene rings is 1. The summed E-state index contributed by atoms with van der Waals surface area (Å²) in [5, 5.41) is 10.4. The van der Waals surface area contributed by atoms with E-state index in [4.69, 9.17) is 5.73 Å². The summed E-state index contributed by atoms with van der Waals surface area (Å²) < 4.78 is 22.9. The van der Waals surface area contributed by atoms with E-state index in [1.165, 1.54) is 0 Å². The fourth-order valence-electron chi connectivity index (χ4n) is 2.53. The lowest BCUT2D eigenvalue weighted by atomic mass is 9.91. The van der Waals surface area contributed by atoms with Crippen molar-refractivity contribution < 1.29 is 13.5 Å². The second-order valence-electron chi connectivity index (χ2n) is 4.85. The highest BCUT2D eigenvalue weighted by Crippen LogP contribution is 2.32. The first-order valence-corrected chi connectivity index (χ1v) is 8.02. The van der Waals surface area contributed by atoms with Crippen LogP contribution < -0.4 is 5.73 Å². The highest BCUT2D eigenvalue weighted by Gasteiger charge is 2.34. The first-order valence-electron chi connectivity index (χ1n) is 6.20. The van der Waals surface area contributed by atoms with Gasteiger partial charge in [-0.05, 0) is 30.5 Å². The molecule has 1 saturated heterocycles. The van der Waals surface area contributed by atoms with Crippen molar-refractivity contribution >= 4 is 9.84 Å². The van der Waals surface area contributed by atoms with Crippen LogP contribution in [0.2, 0.25) is 0 Å². The molecule has 1 aliphatic rings. The predicted octanol–water partition coefficient (Wildman–Crippen LogP) is 0.656. The number of aliphatic hydroxyl groups is 1. The predicted molar refractivity (Wildman–Crippen MR) is 70.9 cm³/mol. The molecule has 0 saturated carbocycles. The largest absolute Gasteiger partial charge is 0.388 e. The zero-order valence-electron chi connectivity index (χ0n) is 10.2. The summed E-state index contributed by atoms with van der Waals surface area (Å²) in [6.07, 6.45) is 0.540. The van der Waals surface area contributed by atoms with E-state index >= 15 is 0 Å². The topological polar surface area (TPSA) is 80.4 Å². The lowest BCUT2D eigenvalue weighted by Crippen LogP contribution is -2.16. The molecule has 1 aromatic carbocycles. The van der Waals surface area contributed by atoms with Crippen LogP contribution in [0.15, 0.2) is 24.3 Å². The maximum atomic E-state index is 11.5. The van der Waals surface area contributed by atoms with Crippen LogP contribution in [0.4, 0.5) is 0 Å². The van der Waals surface area contributed by atoms with Crippen LogP contribution in [0.1, 0.15) is 23.7 Å². The van der Waals surface area contributed by atoms with Crippen molar-refractivity contribution in [1.29, 1.82) is 0 Å². The minimum Gasteiger partial charge on any atom is -0.388 e. The summed E-state index contributed by atoms with van der Waals surface area (Å²) in [5.74, 6) is 0.0905.